The fourth-order valence-corrected chi connectivity index (χ4v) is 5.05. The molecule has 1 aliphatic carbocycles. The van der Waals surface area contributed by atoms with E-state index in [1.54, 1.807) is 12.2 Å². The van der Waals surface area contributed by atoms with E-state index < -0.39 is 0 Å². The number of carbonyl (C=O) groups is 2. The largest absolute Gasteiger partial charge is 0.352 e. The summed E-state index contributed by atoms with van der Waals surface area (Å²) in [6.07, 6.45) is 24.3. The lowest BCUT2D eigenvalue weighted by Crippen LogP contribution is -3.07. The van der Waals surface area contributed by atoms with E-state index in [4.69, 9.17) is 0 Å². The lowest BCUT2D eigenvalue weighted by Gasteiger charge is -2.36. The highest BCUT2D eigenvalue weighted by Gasteiger charge is 2.31. The van der Waals surface area contributed by atoms with Gasteiger partial charge in [-0.25, -0.2) is 0 Å². The van der Waals surface area contributed by atoms with Crippen LogP contribution in [0.4, 0.5) is 0 Å². The molecular weight excluding hydrogens is 460 g/mol. The molecule has 1 unspecified atom stereocenters. The van der Waals surface area contributed by atoms with Crippen molar-refractivity contribution < 1.29 is 14.5 Å². The van der Waals surface area contributed by atoms with Crippen molar-refractivity contribution in [3.8, 4) is 0 Å². The first-order chi connectivity index (χ1) is 17.6. The van der Waals surface area contributed by atoms with Crippen LogP contribution in [0.1, 0.15) is 53.4 Å². The zero-order chi connectivity index (χ0) is 26.8. The Hall–Kier alpha value is -3.12. The fourth-order valence-electron chi connectivity index (χ4n) is 5.05. The molecule has 2 bridgehead atoms. The van der Waals surface area contributed by atoms with Crippen molar-refractivity contribution in [3.63, 3.8) is 0 Å². The molecule has 3 atom stereocenters. The first kappa shape index (κ1) is 28.5. The molecule has 0 spiro atoms. The number of quaternary nitrogens is 1. The van der Waals surface area contributed by atoms with Gasteiger partial charge >= 0.3 is 0 Å². The number of carbonyl (C=O) groups excluding carboxylic acids is 2. The number of rotatable bonds is 0. The molecule has 3 N–H and O–H groups in total. The maximum Gasteiger partial charge on any atom is 0.243 e. The van der Waals surface area contributed by atoms with E-state index in [0.717, 1.165) is 50.0 Å². The Labute approximate surface area is 223 Å². The Kier molecular flexibility index (Phi) is 10.3. The van der Waals surface area contributed by atoms with E-state index in [2.05, 4.69) is 79.9 Å². The number of nitrogens with one attached hydrogen (secondary N) is 3. The second kappa shape index (κ2) is 13.4. The van der Waals surface area contributed by atoms with E-state index in [9.17, 15) is 9.59 Å². The molecule has 200 valence electrons. The summed E-state index contributed by atoms with van der Waals surface area (Å²) in [6.45, 7) is 11.7. The van der Waals surface area contributed by atoms with Crippen LogP contribution in [-0.2, 0) is 9.59 Å². The van der Waals surface area contributed by atoms with Crippen LogP contribution < -0.4 is 15.5 Å². The van der Waals surface area contributed by atoms with Gasteiger partial charge in [-0.1, -0.05) is 66.2 Å². The second-order valence-electron chi connectivity index (χ2n) is 11.0. The van der Waals surface area contributed by atoms with Crippen LogP contribution in [0, 0.1) is 11.3 Å². The highest BCUT2D eigenvalue weighted by molar-refractivity contribution is 5.88. The molecule has 0 aromatic carbocycles. The van der Waals surface area contributed by atoms with Crippen molar-refractivity contribution >= 4 is 11.8 Å². The molecule has 0 radical (unpaired) electrons. The van der Waals surface area contributed by atoms with E-state index >= 15 is 0 Å². The van der Waals surface area contributed by atoms with Gasteiger partial charge in [0.2, 0.25) is 11.8 Å². The van der Waals surface area contributed by atoms with Crippen LogP contribution in [0.15, 0.2) is 83.3 Å². The number of hydrogen-bond donors (Lipinski definition) is 3. The van der Waals surface area contributed by atoms with Crippen molar-refractivity contribution in [1.82, 2.24) is 15.5 Å². The fraction of sp³-hybridized carbons (Fsp3) is 0.484. The third-order valence-electron chi connectivity index (χ3n) is 7.51. The van der Waals surface area contributed by atoms with Crippen LogP contribution in [-0.4, -0.2) is 50.1 Å². The quantitative estimate of drug-likeness (QED) is 0.441. The van der Waals surface area contributed by atoms with Crippen molar-refractivity contribution in [3.05, 3.63) is 83.3 Å². The van der Waals surface area contributed by atoms with Gasteiger partial charge < -0.3 is 15.5 Å². The molecule has 3 aliphatic rings. The van der Waals surface area contributed by atoms with Crippen LogP contribution in [0.25, 0.3) is 0 Å². The highest BCUT2D eigenvalue weighted by atomic mass is 16.2. The molecular formula is C31H45N4O2+. The van der Waals surface area contributed by atoms with Gasteiger partial charge in [-0.3, -0.25) is 14.5 Å². The van der Waals surface area contributed by atoms with Crippen molar-refractivity contribution in [2.75, 3.05) is 33.4 Å². The monoisotopic (exact) mass is 505 g/mol. The third kappa shape index (κ3) is 9.04. The minimum atomic E-state index is -0.0601. The Balaban J connectivity index is 1.79. The van der Waals surface area contributed by atoms with Gasteiger partial charge in [-0.05, 0) is 39.0 Å². The summed E-state index contributed by atoms with van der Waals surface area (Å²) in [6, 6.07) is 0. The lowest BCUT2D eigenvalue weighted by molar-refractivity contribution is -0.848. The van der Waals surface area contributed by atoms with E-state index in [1.165, 1.54) is 16.2 Å². The molecule has 2 heterocycles. The van der Waals surface area contributed by atoms with Gasteiger partial charge in [-0.2, -0.15) is 0 Å². The minimum absolute atomic E-state index is 0.0145. The molecule has 6 heteroatoms. The first-order valence-electron chi connectivity index (χ1n) is 13.5. The number of allylic oxidation sites excluding steroid dienone is 10. The zero-order valence-corrected chi connectivity index (χ0v) is 23.3. The Bertz CT molecular complexity index is 1060. The number of nitrogens with zero attached hydrogens (tertiary/aromatic N) is 1. The second-order valence-corrected chi connectivity index (χ2v) is 11.0. The highest BCUT2D eigenvalue weighted by Crippen LogP contribution is 2.42. The van der Waals surface area contributed by atoms with Crippen LogP contribution in [0.2, 0.25) is 0 Å². The third-order valence-corrected chi connectivity index (χ3v) is 7.51. The van der Waals surface area contributed by atoms with Crippen LogP contribution in [0.3, 0.4) is 0 Å². The number of hydrogen-bond acceptors (Lipinski definition) is 3. The van der Waals surface area contributed by atoms with Gasteiger partial charge in [0.1, 0.15) is 6.20 Å². The molecule has 37 heavy (non-hydrogen) atoms. The Morgan fingerprint density at radius 1 is 0.946 bits per heavy atom. The SMILES string of the molecule is CC1=C[C@@H]2/C=C(C)\C=C/C(=O)NCCC3=C[NH+](CCCNC(=O)\C=C/C(C)=C\C=C\[C@@]2(C)CC1)CN3C. The van der Waals surface area contributed by atoms with Gasteiger partial charge in [0, 0.05) is 51.0 Å². The summed E-state index contributed by atoms with van der Waals surface area (Å²) < 4.78 is 0. The van der Waals surface area contributed by atoms with Gasteiger partial charge in [0.25, 0.3) is 0 Å². The number of fused-ring (bicyclic) bond motifs is 2. The van der Waals surface area contributed by atoms with Crippen molar-refractivity contribution in [2.45, 2.75) is 53.4 Å². The van der Waals surface area contributed by atoms with Gasteiger partial charge in [0.05, 0.1) is 12.2 Å². The number of amides is 2. The van der Waals surface area contributed by atoms with E-state index in [0.29, 0.717) is 13.1 Å². The molecule has 0 aromatic rings. The summed E-state index contributed by atoms with van der Waals surface area (Å²) in [5, 5.41) is 6.02. The minimum Gasteiger partial charge on any atom is -0.352 e. The van der Waals surface area contributed by atoms with Crippen molar-refractivity contribution in [2.24, 2.45) is 11.3 Å². The van der Waals surface area contributed by atoms with Crippen LogP contribution >= 0.6 is 0 Å². The average Bonchev–Trinajstić information content (AvgIpc) is 3.20. The van der Waals surface area contributed by atoms with Gasteiger partial charge in [-0.15, -0.1) is 0 Å². The maximum atomic E-state index is 12.4. The maximum absolute atomic E-state index is 12.4. The Morgan fingerprint density at radius 3 is 2.41 bits per heavy atom. The van der Waals surface area contributed by atoms with E-state index in [1.807, 2.05) is 19.1 Å². The van der Waals surface area contributed by atoms with Crippen molar-refractivity contribution in [1.29, 1.82) is 0 Å². The summed E-state index contributed by atoms with van der Waals surface area (Å²) in [5.74, 6) is 0.136. The average molecular weight is 506 g/mol. The smallest absolute Gasteiger partial charge is 0.243 e. The molecule has 0 fully saturated rings. The molecule has 2 amide bonds. The normalized spacial score (nSPS) is 34.1. The standard InChI is InChI=1S/C31H44N4O2/c1-24-8-6-15-31(4)16-13-26(3)21-27(31)20-25(2)10-12-30(37)33-18-14-28-22-35(23-34(28)5)19-7-17-32-29(36)11-9-24/h6,8-12,15,20-22,27H,7,13-14,16-19,23H2,1-5H3,(H,32,36)(H,33,37)/p+1/b11-9-,12-10-,15-6+,24-8-,25-20-/t27-,31-/m0/s1. The van der Waals surface area contributed by atoms with E-state index in [-0.39, 0.29) is 23.1 Å². The summed E-state index contributed by atoms with van der Waals surface area (Å²) in [4.78, 5) is 28.3. The first-order valence-corrected chi connectivity index (χ1v) is 13.5. The zero-order valence-electron chi connectivity index (χ0n) is 23.3. The summed E-state index contributed by atoms with van der Waals surface area (Å²) in [7, 11) is 2.09. The molecule has 0 saturated carbocycles. The molecule has 0 aromatic heterocycles. The van der Waals surface area contributed by atoms with Gasteiger partial charge in [0.15, 0.2) is 6.67 Å². The lowest BCUT2D eigenvalue weighted by atomic mass is 9.68. The predicted octanol–water partition coefficient (Wildman–Crippen LogP) is 3.57. The molecule has 0 saturated heterocycles. The predicted molar refractivity (Wildman–Crippen MR) is 151 cm³/mol. The molecule has 3 rings (SSSR count). The van der Waals surface area contributed by atoms with Crippen LogP contribution in [0.5, 0.6) is 0 Å². The Morgan fingerprint density at radius 2 is 1.65 bits per heavy atom. The summed E-state index contributed by atoms with van der Waals surface area (Å²) >= 11 is 0. The summed E-state index contributed by atoms with van der Waals surface area (Å²) in [5.41, 5.74) is 4.75. The topological polar surface area (TPSA) is 65.9 Å². The molecule has 6 nitrogen and oxygen atoms in total. The molecule has 2 aliphatic heterocycles.